The van der Waals surface area contributed by atoms with Crippen LogP contribution in [0.2, 0.25) is 0 Å². The summed E-state index contributed by atoms with van der Waals surface area (Å²) in [6.45, 7) is 2.04. The molecule has 0 unspecified atom stereocenters. The van der Waals surface area contributed by atoms with Gasteiger partial charge in [-0.3, -0.25) is 14.4 Å². The highest BCUT2D eigenvalue weighted by atomic mass is 32.2. The fourth-order valence-electron chi connectivity index (χ4n) is 4.15. The zero-order valence-electron chi connectivity index (χ0n) is 24.1. The Labute approximate surface area is 247 Å². The lowest BCUT2D eigenvalue weighted by Gasteiger charge is -2.14. The number of aromatic carboxylic acids is 1. The number of rotatable bonds is 24. The summed E-state index contributed by atoms with van der Waals surface area (Å²) in [5.74, 6) is -2.94. The van der Waals surface area contributed by atoms with E-state index in [0.717, 1.165) is 55.6 Å². The highest BCUT2D eigenvalue weighted by Gasteiger charge is 2.20. The third-order valence-electron chi connectivity index (χ3n) is 6.77. The molecule has 5 N–H and O–H groups in total. The summed E-state index contributed by atoms with van der Waals surface area (Å²) in [7, 11) is 0. The van der Waals surface area contributed by atoms with Gasteiger partial charge in [0.2, 0.25) is 11.8 Å². The third-order valence-corrected chi connectivity index (χ3v) is 7.87. The first-order chi connectivity index (χ1) is 19.6. The lowest BCUT2D eigenvalue weighted by molar-refractivity contribution is -0.142. The molecule has 2 amide bonds. The molecule has 41 heavy (non-hydrogen) atoms. The molecule has 0 aliphatic carbocycles. The molecule has 0 aliphatic heterocycles. The van der Waals surface area contributed by atoms with Crippen molar-refractivity contribution >= 4 is 41.5 Å². The minimum atomic E-state index is -1.16. The first kappa shape index (κ1) is 35.9. The molecular weight excluding hydrogens is 548 g/mol. The molecule has 0 saturated carbocycles. The van der Waals surface area contributed by atoms with Crippen molar-refractivity contribution in [1.29, 1.82) is 0 Å². The average molecular weight is 595 g/mol. The van der Waals surface area contributed by atoms with Crippen molar-refractivity contribution < 1.29 is 39.3 Å². The Kier molecular flexibility index (Phi) is 19.0. The molecule has 0 radical (unpaired) electrons. The maximum absolute atomic E-state index is 12.2. The Morgan fingerprint density at radius 3 is 1.90 bits per heavy atom. The van der Waals surface area contributed by atoms with Crippen LogP contribution in [0.15, 0.2) is 29.2 Å². The highest BCUT2D eigenvalue weighted by molar-refractivity contribution is 7.99. The van der Waals surface area contributed by atoms with E-state index < -0.39 is 29.9 Å². The second-order valence-corrected chi connectivity index (χ2v) is 11.5. The van der Waals surface area contributed by atoms with Crippen LogP contribution in [0.4, 0.5) is 0 Å². The number of aliphatic carboxylic acids is 2. The van der Waals surface area contributed by atoms with E-state index >= 15 is 0 Å². The van der Waals surface area contributed by atoms with E-state index in [-0.39, 0.29) is 31.1 Å². The number of benzene rings is 1. The standard InChI is InChI=1S/C30H46N2O8S/c1-22(28(35)36)12-9-10-20-31-26(33)19-18-25(30(39)40)32-27(34)13-8-6-4-2-3-5-7-11-21-41-24-16-14-23(15-17-24)29(37)38/h14-17,22,25H,2-13,18-21H2,1H3,(H,31,33)(H,32,34)(H,35,36)(H,37,38)(H,39,40)/t22-,25-/m0/s1. The second kappa shape index (κ2) is 21.6. The molecule has 0 spiro atoms. The molecule has 0 aliphatic rings. The summed E-state index contributed by atoms with van der Waals surface area (Å²) in [5.41, 5.74) is 0.298. The molecule has 0 saturated heterocycles. The van der Waals surface area contributed by atoms with Gasteiger partial charge in [-0.05, 0) is 62.1 Å². The topological polar surface area (TPSA) is 170 Å². The van der Waals surface area contributed by atoms with Crippen LogP contribution >= 0.6 is 11.8 Å². The molecule has 0 aromatic heterocycles. The van der Waals surface area contributed by atoms with Crippen molar-refractivity contribution in [2.75, 3.05) is 12.3 Å². The predicted molar refractivity (Wildman–Crippen MR) is 158 cm³/mol. The summed E-state index contributed by atoms with van der Waals surface area (Å²) >= 11 is 1.73. The van der Waals surface area contributed by atoms with Crippen LogP contribution in [-0.4, -0.2) is 63.4 Å². The van der Waals surface area contributed by atoms with Crippen molar-refractivity contribution in [3.8, 4) is 0 Å². The van der Waals surface area contributed by atoms with Crippen molar-refractivity contribution in [3.63, 3.8) is 0 Å². The van der Waals surface area contributed by atoms with Gasteiger partial charge >= 0.3 is 17.9 Å². The van der Waals surface area contributed by atoms with Crippen molar-refractivity contribution in [2.24, 2.45) is 5.92 Å². The maximum Gasteiger partial charge on any atom is 0.335 e. The Morgan fingerprint density at radius 1 is 0.707 bits per heavy atom. The predicted octanol–water partition coefficient (Wildman–Crippen LogP) is 5.34. The van der Waals surface area contributed by atoms with Crippen LogP contribution in [0.5, 0.6) is 0 Å². The number of hydrogen-bond donors (Lipinski definition) is 5. The zero-order chi connectivity index (χ0) is 30.5. The van der Waals surface area contributed by atoms with Crippen molar-refractivity contribution in [2.45, 2.75) is 108 Å². The van der Waals surface area contributed by atoms with E-state index in [9.17, 15) is 29.1 Å². The molecule has 0 heterocycles. The molecule has 10 nitrogen and oxygen atoms in total. The van der Waals surface area contributed by atoms with Crippen LogP contribution in [0.1, 0.15) is 107 Å². The molecule has 2 atom stereocenters. The molecule has 0 bridgehead atoms. The number of thioether (sulfide) groups is 1. The summed E-state index contributed by atoms with van der Waals surface area (Å²) in [6.07, 6.45) is 10.4. The number of carbonyl (C=O) groups excluding carboxylic acids is 2. The summed E-state index contributed by atoms with van der Waals surface area (Å²) < 4.78 is 0. The number of unbranched alkanes of at least 4 members (excludes halogenated alkanes) is 8. The summed E-state index contributed by atoms with van der Waals surface area (Å²) in [5, 5.41) is 32.4. The van der Waals surface area contributed by atoms with Gasteiger partial charge in [0.05, 0.1) is 11.5 Å². The van der Waals surface area contributed by atoms with Gasteiger partial charge in [-0.15, -0.1) is 11.8 Å². The number of carboxylic acids is 3. The Morgan fingerprint density at radius 2 is 1.32 bits per heavy atom. The Balaban J connectivity index is 2.04. The van der Waals surface area contributed by atoms with Crippen LogP contribution in [0.3, 0.4) is 0 Å². The monoisotopic (exact) mass is 594 g/mol. The van der Waals surface area contributed by atoms with Gasteiger partial charge in [0.15, 0.2) is 0 Å². The Bertz CT molecular complexity index is 954. The van der Waals surface area contributed by atoms with Gasteiger partial charge in [-0.1, -0.05) is 51.9 Å². The maximum atomic E-state index is 12.2. The van der Waals surface area contributed by atoms with Gasteiger partial charge in [-0.2, -0.15) is 0 Å². The molecule has 1 aromatic rings. The van der Waals surface area contributed by atoms with Gasteiger partial charge in [0, 0.05) is 24.3 Å². The molecule has 1 rings (SSSR count). The number of carbonyl (C=O) groups is 5. The van der Waals surface area contributed by atoms with E-state index in [2.05, 4.69) is 10.6 Å². The van der Waals surface area contributed by atoms with Gasteiger partial charge in [0.1, 0.15) is 6.04 Å². The summed E-state index contributed by atoms with van der Waals surface area (Å²) in [6, 6.07) is 5.83. The smallest absolute Gasteiger partial charge is 0.335 e. The highest BCUT2D eigenvalue weighted by Crippen LogP contribution is 2.21. The van der Waals surface area contributed by atoms with Crippen LogP contribution < -0.4 is 10.6 Å². The molecule has 230 valence electrons. The molecular formula is C30H46N2O8S. The fourth-order valence-corrected chi connectivity index (χ4v) is 5.06. The minimum Gasteiger partial charge on any atom is -0.481 e. The third kappa shape index (κ3) is 18.1. The zero-order valence-corrected chi connectivity index (χ0v) is 24.9. The Hall–Kier alpha value is -3.08. The van der Waals surface area contributed by atoms with E-state index in [1.807, 2.05) is 12.1 Å². The quantitative estimate of drug-likeness (QED) is 0.0782. The number of nitrogens with one attached hydrogen (secondary N) is 2. The van der Waals surface area contributed by atoms with Gasteiger partial charge in [0.25, 0.3) is 0 Å². The largest absolute Gasteiger partial charge is 0.481 e. The number of hydrogen-bond acceptors (Lipinski definition) is 6. The average Bonchev–Trinajstić information content (AvgIpc) is 2.93. The van der Waals surface area contributed by atoms with E-state index in [0.29, 0.717) is 37.8 Å². The second-order valence-electron chi connectivity index (χ2n) is 10.3. The van der Waals surface area contributed by atoms with E-state index in [4.69, 9.17) is 10.2 Å². The van der Waals surface area contributed by atoms with Crippen molar-refractivity contribution in [1.82, 2.24) is 10.6 Å². The van der Waals surface area contributed by atoms with E-state index in [1.165, 1.54) is 0 Å². The molecule has 1 aromatic carbocycles. The minimum absolute atomic E-state index is 0.0124. The normalized spacial score (nSPS) is 12.3. The van der Waals surface area contributed by atoms with Crippen LogP contribution in [0, 0.1) is 5.92 Å². The fraction of sp³-hybridized carbons (Fsp3) is 0.633. The number of amides is 2. The summed E-state index contributed by atoms with van der Waals surface area (Å²) in [4.78, 5) is 58.4. The molecule has 11 heteroatoms. The van der Waals surface area contributed by atoms with Gasteiger partial charge in [-0.25, -0.2) is 9.59 Å². The van der Waals surface area contributed by atoms with Crippen LogP contribution in [-0.2, 0) is 19.2 Å². The lowest BCUT2D eigenvalue weighted by Crippen LogP contribution is -2.41. The van der Waals surface area contributed by atoms with Crippen LogP contribution in [0.25, 0.3) is 0 Å². The van der Waals surface area contributed by atoms with Crippen molar-refractivity contribution in [3.05, 3.63) is 29.8 Å². The first-order valence-electron chi connectivity index (χ1n) is 14.6. The SMILES string of the molecule is C[C@@H](CCCCNC(=O)CC[C@H](NC(=O)CCCCCCCCCCSc1ccc(C(=O)O)cc1)C(=O)O)C(=O)O. The number of carboxylic acid groups (broad SMARTS) is 3. The molecule has 0 fully saturated rings. The lowest BCUT2D eigenvalue weighted by atomic mass is 10.0. The first-order valence-corrected chi connectivity index (χ1v) is 15.6. The van der Waals surface area contributed by atoms with E-state index in [1.54, 1.807) is 30.8 Å². The van der Waals surface area contributed by atoms with Gasteiger partial charge < -0.3 is 26.0 Å².